The van der Waals surface area contributed by atoms with Crippen LogP contribution < -0.4 is 5.73 Å². The highest BCUT2D eigenvalue weighted by atomic mass is 16.5. The Morgan fingerprint density at radius 2 is 2.29 bits per heavy atom. The predicted octanol–water partition coefficient (Wildman–Crippen LogP) is 1.60. The summed E-state index contributed by atoms with van der Waals surface area (Å²) >= 11 is 0. The van der Waals surface area contributed by atoms with Gasteiger partial charge in [-0.15, -0.1) is 0 Å². The molecule has 90 valence electrons. The first-order chi connectivity index (χ1) is 8.19. The molecule has 1 atom stereocenters. The smallest absolute Gasteiger partial charge is 0.307 e. The molecule has 0 bridgehead atoms. The number of aromatic nitrogens is 1. The molecular weight excluding hydrogens is 216 g/mol. The normalized spacial score (nSPS) is 12.6. The first-order valence-corrected chi connectivity index (χ1v) is 5.57. The SMILES string of the molecule is COC(=O)CC(N)Cc1ccc2cc[nH]c2c1. The van der Waals surface area contributed by atoms with Crippen LogP contribution in [0, 0.1) is 0 Å². The predicted molar refractivity (Wildman–Crippen MR) is 66.6 cm³/mol. The molecule has 4 heteroatoms. The molecule has 0 aliphatic rings. The van der Waals surface area contributed by atoms with Crippen LogP contribution in [0.15, 0.2) is 30.5 Å². The minimum absolute atomic E-state index is 0.199. The molecule has 0 amide bonds. The highest BCUT2D eigenvalue weighted by Crippen LogP contribution is 2.15. The summed E-state index contributed by atoms with van der Waals surface area (Å²) in [5.74, 6) is -0.265. The van der Waals surface area contributed by atoms with Crippen molar-refractivity contribution in [3.05, 3.63) is 36.0 Å². The second kappa shape index (κ2) is 5.01. The van der Waals surface area contributed by atoms with Gasteiger partial charge in [0.1, 0.15) is 0 Å². The van der Waals surface area contributed by atoms with E-state index in [0.717, 1.165) is 11.1 Å². The van der Waals surface area contributed by atoms with E-state index in [9.17, 15) is 4.79 Å². The number of aromatic amines is 1. The molecule has 0 fully saturated rings. The van der Waals surface area contributed by atoms with E-state index in [1.165, 1.54) is 12.5 Å². The number of methoxy groups -OCH3 is 1. The lowest BCUT2D eigenvalue weighted by Crippen LogP contribution is -2.26. The Kier molecular flexibility index (Phi) is 3.44. The van der Waals surface area contributed by atoms with E-state index in [0.29, 0.717) is 6.42 Å². The number of carbonyl (C=O) groups is 1. The van der Waals surface area contributed by atoms with Gasteiger partial charge in [-0.3, -0.25) is 4.79 Å². The standard InChI is InChI=1S/C13H16N2O2/c1-17-13(16)8-11(14)6-9-2-3-10-4-5-15-12(10)7-9/h2-5,7,11,15H,6,8,14H2,1H3. The first kappa shape index (κ1) is 11.7. The lowest BCUT2D eigenvalue weighted by molar-refractivity contribution is -0.140. The molecule has 1 aromatic heterocycles. The molecule has 3 N–H and O–H groups in total. The van der Waals surface area contributed by atoms with E-state index in [2.05, 4.69) is 15.8 Å². The average Bonchev–Trinajstić information content (AvgIpc) is 2.75. The fourth-order valence-electron chi connectivity index (χ4n) is 1.89. The van der Waals surface area contributed by atoms with Crippen LogP contribution in [0.25, 0.3) is 10.9 Å². The van der Waals surface area contributed by atoms with Gasteiger partial charge in [0.2, 0.25) is 0 Å². The highest BCUT2D eigenvalue weighted by Gasteiger charge is 2.10. The van der Waals surface area contributed by atoms with Crippen molar-refractivity contribution in [2.45, 2.75) is 18.9 Å². The van der Waals surface area contributed by atoms with Gasteiger partial charge < -0.3 is 15.5 Å². The van der Waals surface area contributed by atoms with Crippen LogP contribution in [0.4, 0.5) is 0 Å². The van der Waals surface area contributed by atoms with Crippen LogP contribution in [0.5, 0.6) is 0 Å². The molecule has 0 saturated heterocycles. The van der Waals surface area contributed by atoms with Crippen LogP contribution in [0.3, 0.4) is 0 Å². The second-order valence-corrected chi connectivity index (χ2v) is 4.14. The fraction of sp³-hybridized carbons (Fsp3) is 0.308. The van der Waals surface area contributed by atoms with Gasteiger partial charge in [0.15, 0.2) is 0 Å². The summed E-state index contributed by atoms with van der Waals surface area (Å²) in [5, 5.41) is 1.18. The topological polar surface area (TPSA) is 68.1 Å². The number of fused-ring (bicyclic) bond motifs is 1. The van der Waals surface area contributed by atoms with Crippen molar-refractivity contribution in [2.75, 3.05) is 7.11 Å². The molecule has 0 spiro atoms. The Labute approximate surface area is 99.8 Å². The summed E-state index contributed by atoms with van der Waals surface area (Å²) in [6.45, 7) is 0. The van der Waals surface area contributed by atoms with Gasteiger partial charge in [-0.25, -0.2) is 0 Å². The first-order valence-electron chi connectivity index (χ1n) is 5.57. The van der Waals surface area contributed by atoms with Crippen molar-refractivity contribution in [3.63, 3.8) is 0 Å². The van der Waals surface area contributed by atoms with Gasteiger partial charge in [-0.05, 0) is 29.5 Å². The monoisotopic (exact) mass is 232 g/mol. The minimum atomic E-state index is -0.265. The Morgan fingerprint density at radius 1 is 1.47 bits per heavy atom. The molecule has 2 aromatic rings. The third kappa shape index (κ3) is 2.85. The third-order valence-electron chi connectivity index (χ3n) is 2.77. The molecular formula is C13H16N2O2. The molecule has 1 heterocycles. The number of ether oxygens (including phenoxy) is 1. The number of rotatable bonds is 4. The van der Waals surface area contributed by atoms with E-state index in [1.807, 2.05) is 24.4 Å². The lowest BCUT2D eigenvalue weighted by Gasteiger charge is -2.10. The van der Waals surface area contributed by atoms with Crippen LogP contribution in [0.1, 0.15) is 12.0 Å². The Hall–Kier alpha value is -1.81. The van der Waals surface area contributed by atoms with Crippen LogP contribution in [0.2, 0.25) is 0 Å². The van der Waals surface area contributed by atoms with E-state index >= 15 is 0 Å². The van der Waals surface area contributed by atoms with Crippen molar-refractivity contribution >= 4 is 16.9 Å². The number of esters is 1. The number of H-pyrrole nitrogens is 1. The summed E-state index contributed by atoms with van der Waals surface area (Å²) in [5.41, 5.74) is 8.10. The van der Waals surface area contributed by atoms with Crippen molar-refractivity contribution in [3.8, 4) is 0 Å². The molecule has 0 saturated carbocycles. The largest absolute Gasteiger partial charge is 0.469 e. The number of carbonyl (C=O) groups excluding carboxylic acids is 1. The maximum atomic E-state index is 11.1. The maximum Gasteiger partial charge on any atom is 0.307 e. The third-order valence-corrected chi connectivity index (χ3v) is 2.77. The van der Waals surface area contributed by atoms with Gasteiger partial charge in [0.25, 0.3) is 0 Å². The zero-order chi connectivity index (χ0) is 12.3. The highest BCUT2D eigenvalue weighted by molar-refractivity contribution is 5.79. The molecule has 1 unspecified atom stereocenters. The van der Waals surface area contributed by atoms with Crippen molar-refractivity contribution in [1.82, 2.24) is 4.98 Å². The average molecular weight is 232 g/mol. The van der Waals surface area contributed by atoms with Gasteiger partial charge in [-0.2, -0.15) is 0 Å². The van der Waals surface area contributed by atoms with Crippen molar-refractivity contribution in [1.29, 1.82) is 0 Å². The van der Waals surface area contributed by atoms with E-state index < -0.39 is 0 Å². The number of nitrogens with two attached hydrogens (primary N) is 1. The van der Waals surface area contributed by atoms with E-state index in [4.69, 9.17) is 5.73 Å². The summed E-state index contributed by atoms with van der Waals surface area (Å²) < 4.78 is 4.59. The molecule has 2 rings (SSSR count). The van der Waals surface area contributed by atoms with Gasteiger partial charge in [0.05, 0.1) is 13.5 Å². The fourth-order valence-corrected chi connectivity index (χ4v) is 1.89. The maximum absolute atomic E-state index is 11.1. The van der Waals surface area contributed by atoms with Crippen LogP contribution in [-0.4, -0.2) is 24.1 Å². The lowest BCUT2D eigenvalue weighted by atomic mass is 10.0. The summed E-state index contributed by atoms with van der Waals surface area (Å²) in [6, 6.07) is 7.97. The van der Waals surface area contributed by atoms with Gasteiger partial charge in [-0.1, -0.05) is 12.1 Å². The second-order valence-electron chi connectivity index (χ2n) is 4.14. The van der Waals surface area contributed by atoms with Gasteiger partial charge >= 0.3 is 5.97 Å². The molecule has 0 radical (unpaired) electrons. The number of hydrogen-bond donors (Lipinski definition) is 2. The van der Waals surface area contributed by atoms with Crippen molar-refractivity contribution < 1.29 is 9.53 Å². The summed E-state index contributed by atoms with van der Waals surface area (Å²) in [6.07, 6.45) is 2.83. The van der Waals surface area contributed by atoms with Crippen LogP contribution >= 0.6 is 0 Å². The van der Waals surface area contributed by atoms with Crippen LogP contribution in [-0.2, 0) is 16.0 Å². The molecule has 1 aromatic carbocycles. The zero-order valence-electron chi connectivity index (χ0n) is 9.77. The molecule has 17 heavy (non-hydrogen) atoms. The molecule has 0 aliphatic carbocycles. The van der Waals surface area contributed by atoms with Gasteiger partial charge in [0, 0.05) is 17.8 Å². The summed E-state index contributed by atoms with van der Waals surface area (Å²) in [7, 11) is 1.38. The Balaban J connectivity index is 2.04. The number of hydrogen-bond acceptors (Lipinski definition) is 3. The quantitative estimate of drug-likeness (QED) is 0.787. The van der Waals surface area contributed by atoms with E-state index in [1.54, 1.807) is 0 Å². The minimum Gasteiger partial charge on any atom is -0.469 e. The molecule has 4 nitrogen and oxygen atoms in total. The zero-order valence-corrected chi connectivity index (χ0v) is 9.77. The Bertz CT molecular complexity index is 519. The Morgan fingerprint density at radius 3 is 3.06 bits per heavy atom. The summed E-state index contributed by atoms with van der Waals surface area (Å²) in [4.78, 5) is 14.2. The number of nitrogens with one attached hydrogen (secondary N) is 1. The van der Waals surface area contributed by atoms with E-state index in [-0.39, 0.29) is 18.4 Å². The number of benzene rings is 1. The van der Waals surface area contributed by atoms with Crippen molar-refractivity contribution in [2.24, 2.45) is 5.73 Å². The molecule has 0 aliphatic heterocycles.